The summed E-state index contributed by atoms with van der Waals surface area (Å²) in [7, 11) is 0. The van der Waals surface area contributed by atoms with Crippen LogP contribution in [0.1, 0.15) is 47.7 Å². The van der Waals surface area contributed by atoms with Crippen LogP contribution in [0, 0.1) is 11.8 Å². The van der Waals surface area contributed by atoms with E-state index in [1.54, 1.807) is 12.1 Å². The van der Waals surface area contributed by atoms with Gasteiger partial charge in [0, 0.05) is 29.5 Å². The molecule has 4 heteroatoms. The van der Waals surface area contributed by atoms with Gasteiger partial charge in [-0.05, 0) is 54.9 Å². The number of phenolic OH excluding ortho intramolecular Hbond substituents is 1. The van der Waals surface area contributed by atoms with Crippen molar-refractivity contribution in [1.82, 2.24) is 4.57 Å². The van der Waals surface area contributed by atoms with E-state index < -0.39 is 0 Å². The summed E-state index contributed by atoms with van der Waals surface area (Å²) in [5, 5.41) is 10.9. The van der Waals surface area contributed by atoms with Crippen LogP contribution in [0.3, 0.4) is 0 Å². The maximum absolute atomic E-state index is 12.7. The van der Waals surface area contributed by atoms with Crippen molar-refractivity contribution in [2.45, 2.75) is 44.1 Å². The molecule has 2 aliphatic carbocycles. The normalized spacial score (nSPS) is 33.0. The van der Waals surface area contributed by atoms with Gasteiger partial charge in [-0.3, -0.25) is 9.36 Å². The second-order valence-corrected chi connectivity index (χ2v) is 7.25. The standard InChI is InChI=1S/C18H20N2O2/c19-14-8-13-12-7-10(21)4-5-15(12)20-16(22)6-9-2-1-3-11(14)17(9)18(13)20/h4-5,7,9,11,14,17,21H,1-3,6,8,19H2/t9-,11+,14-,17+/m1/s1. The number of rotatable bonds is 0. The summed E-state index contributed by atoms with van der Waals surface area (Å²) >= 11 is 0. The lowest BCUT2D eigenvalue weighted by atomic mass is 9.61. The fraction of sp³-hybridized carbons (Fsp3) is 0.500. The van der Waals surface area contributed by atoms with Crippen molar-refractivity contribution < 1.29 is 9.90 Å². The van der Waals surface area contributed by atoms with Gasteiger partial charge in [-0.2, -0.15) is 0 Å². The molecule has 2 aromatic rings. The summed E-state index contributed by atoms with van der Waals surface area (Å²) in [5.41, 5.74) is 9.88. The zero-order chi connectivity index (χ0) is 15.0. The molecule has 3 N–H and O–H groups in total. The number of aromatic nitrogens is 1. The van der Waals surface area contributed by atoms with Crippen LogP contribution in [-0.2, 0) is 6.42 Å². The molecule has 1 aliphatic heterocycles. The lowest BCUT2D eigenvalue weighted by Gasteiger charge is -2.47. The third kappa shape index (κ3) is 1.44. The van der Waals surface area contributed by atoms with E-state index in [1.165, 1.54) is 24.1 Å². The van der Waals surface area contributed by atoms with Crippen LogP contribution < -0.4 is 5.73 Å². The third-order valence-corrected chi connectivity index (χ3v) is 6.17. The summed E-state index contributed by atoms with van der Waals surface area (Å²) in [6, 6.07) is 5.53. The van der Waals surface area contributed by atoms with E-state index >= 15 is 0 Å². The van der Waals surface area contributed by atoms with Gasteiger partial charge in [0.2, 0.25) is 5.91 Å². The van der Waals surface area contributed by atoms with Crippen molar-refractivity contribution in [1.29, 1.82) is 0 Å². The summed E-state index contributed by atoms with van der Waals surface area (Å²) in [4.78, 5) is 12.7. The number of phenols is 1. The molecule has 22 heavy (non-hydrogen) atoms. The van der Waals surface area contributed by atoms with Crippen molar-refractivity contribution in [2.24, 2.45) is 17.6 Å². The van der Waals surface area contributed by atoms with Gasteiger partial charge in [0.05, 0.1) is 5.52 Å². The van der Waals surface area contributed by atoms with E-state index in [1.807, 2.05) is 10.6 Å². The van der Waals surface area contributed by atoms with E-state index in [-0.39, 0.29) is 17.7 Å². The van der Waals surface area contributed by atoms with Gasteiger partial charge in [0.1, 0.15) is 5.75 Å². The monoisotopic (exact) mass is 296 g/mol. The Morgan fingerprint density at radius 1 is 1.23 bits per heavy atom. The Balaban J connectivity index is 1.87. The fourth-order valence-corrected chi connectivity index (χ4v) is 5.36. The van der Waals surface area contributed by atoms with Crippen molar-refractivity contribution in [3.63, 3.8) is 0 Å². The number of benzene rings is 1. The van der Waals surface area contributed by atoms with Gasteiger partial charge < -0.3 is 10.8 Å². The third-order valence-electron chi connectivity index (χ3n) is 6.17. The van der Waals surface area contributed by atoms with Gasteiger partial charge in [-0.1, -0.05) is 6.42 Å². The number of fused-ring (bicyclic) bond motifs is 3. The zero-order valence-corrected chi connectivity index (χ0v) is 12.5. The number of hydrogen-bond donors (Lipinski definition) is 2. The summed E-state index contributed by atoms with van der Waals surface area (Å²) in [5.74, 6) is 1.88. The number of carbonyl (C=O) groups is 1. The van der Waals surface area contributed by atoms with Gasteiger partial charge in [-0.15, -0.1) is 0 Å². The molecule has 1 fully saturated rings. The average Bonchev–Trinajstić information content (AvgIpc) is 2.82. The Hall–Kier alpha value is -1.81. The smallest absolute Gasteiger partial charge is 0.231 e. The van der Waals surface area contributed by atoms with Crippen LogP contribution in [0.15, 0.2) is 18.2 Å². The molecule has 1 saturated carbocycles. The zero-order valence-electron chi connectivity index (χ0n) is 12.5. The number of hydrogen-bond acceptors (Lipinski definition) is 3. The maximum Gasteiger partial charge on any atom is 0.231 e. The van der Waals surface area contributed by atoms with Crippen LogP contribution in [0.2, 0.25) is 0 Å². The molecule has 1 aromatic heterocycles. The number of nitrogens with zero attached hydrogens (tertiary/aromatic N) is 1. The Kier molecular flexibility index (Phi) is 2.39. The molecule has 114 valence electrons. The molecule has 0 saturated heterocycles. The molecular weight excluding hydrogens is 276 g/mol. The first-order valence-corrected chi connectivity index (χ1v) is 8.30. The number of carbonyl (C=O) groups excluding carboxylic acids is 1. The van der Waals surface area contributed by atoms with E-state index in [4.69, 9.17) is 5.73 Å². The topological polar surface area (TPSA) is 68.2 Å². The van der Waals surface area contributed by atoms with Crippen molar-refractivity contribution in [3.05, 3.63) is 29.5 Å². The van der Waals surface area contributed by atoms with Gasteiger partial charge in [0.25, 0.3) is 0 Å². The SMILES string of the molecule is N[C@@H]1Cc2c3n(c4ccc(O)cc24)C(=O)C[C@H]2CCC[C@@H]1[C@@H]32. The molecule has 0 amide bonds. The largest absolute Gasteiger partial charge is 0.508 e. The molecule has 3 aliphatic rings. The highest BCUT2D eigenvalue weighted by molar-refractivity contribution is 5.98. The van der Waals surface area contributed by atoms with Crippen molar-refractivity contribution in [2.75, 3.05) is 0 Å². The van der Waals surface area contributed by atoms with Crippen LogP contribution in [0.4, 0.5) is 0 Å². The van der Waals surface area contributed by atoms with E-state index in [2.05, 4.69) is 0 Å². The van der Waals surface area contributed by atoms with Gasteiger partial charge in [-0.25, -0.2) is 0 Å². The molecule has 1 aromatic carbocycles. The van der Waals surface area contributed by atoms with Crippen molar-refractivity contribution >= 4 is 16.8 Å². The summed E-state index contributed by atoms with van der Waals surface area (Å²) in [6.45, 7) is 0. The second-order valence-electron chi connectivity index (χ2n) is 7.25. The molecule has 0 bridgehead atoms. The van der Waals surface area contributed by atoms with Crippen LogP contribution >= 0.6 is 0 Å². The van der Waals surface area contributed by atoms with E-state index in [0.717, 1.165) is 23.7 Å². The van der Waals surface area contributed by atoms with Crippen LogP contribution in [0.5, 0.6) is 5.75 Å². The molecule has 0 spiro atoms. The predicted octanol–water partition coefficient (Wildman–Crippen LogP) is 2.77. The Bertz CT molecular complexity index is 807. The quantitative estimate of drug-likeness (QED) is 0.785. The summed E-state index contributed by atoms with van der Waals surface area (Å²) in [6.07, 6.45) is 4.99. The second kappa shape index (κ2) is 4.13. The molecular formula is C18H20N2O2. The predicted molar refractivity (Wildman–Crippen MR) is 84.1 cm³/mol. The highest BCUT2D eigenvalue weighted by Gasteiger charge is 2.48. The lowest BCUT2D eigenvalue weighted by molar-refractivity contribution is 0.0748. The van der Waals surface area contributed by atoms with Crippen LogP contribution in [-0.4, -0.2) is 21.6 Å². The van der Waals surface area contributed by atoms with Crippen LogP contribution in [0.25, 0.3) is 10.9 Å². The highest BCUT2D eigenvalue weighted by Crippen LogP contribution is 2.53. The molecule has 0 unspecified atom stereocenters. The Morgan fingerprint density at radius 2 is 2.09 bits per heavy atom. The minimum atomic E-state index is 0.176. The first kappa shape index (κ1) is 12.7. The first-order valence-electron chi connectivity index (χ1n) is 8.30. The first-order chi connectivity index (χ1) is 10.6. The Labute approximate surface area is 128 Å². The molecule has 0 radical (unpaired) electrons. The highest BCUT2D eigenvalue weighted by atomic mass is 16.3. The van der Waals surface area contributed by atoms with E-state index in [9.17, 15) is 9.90 Å². The minimum absolute atomic E-state index is 0.176. The minimum Gasteiger partial charge on any atom is -0.508 e. The molecule has 4 nitrogen and oxygen atoms in total. The van der Waals surface area contributed by atoms with Gasteiger partial charge in [0.15, 0.2) is 0 Å². The average molecular weight is 296 g/mol. The molecule has 2 heterocycles. The van der Waals surface area contributed by atoms with Crippen molar-refractivity contribution in [3.8, 4) is 5.75 Å². The lowest BCUT2D eigenvalue weighted by Crippen LogP contribution is -2.47. The number of aromatic hydroxyl groups is 1. The Morgan fingerprint density at radius 3 is 2.95 bits per heavy atom. The molecule has 4 atom stereocenters. The number of nitrogens with two attached hydrogens (primary N) is 1. The fourth-order valence-electron chi connectivity index (χ4n) is 5.36. The van der Waals surface area contributed by atoms with Gasteiger partial charge >= 0.3 is 0 Å². The molecule has 5 rings (SSSR count). The summed E-state index contributed by atoms with van der Waals surface area (Å²) < 4.78 is 1.94. The van der Waals surface area contributed by atoms with E-state index in [0.29, 0.717) is 24.2 Å². The maximum atomic E-state index is 12.7.